The molecule has 0 radical (unpaired) electrons. The lowest BCUT2D eigenvalue weighted by Gasteiger charge is -2.00. The fraction of sp³-hybridized carbons (Fsp3) is 0.154. The van der Waals surface area contributed by atoms with Crippen molar-refractivity contribution < 1.29 is 4.68 Å². The molecule has 0 unspecified atom stereocenters. The molecule has 0 aliphatic rings. The Morgan fingerprint density at radius 3 is 2.27 bits per heavy atom. The number of nitrogens with zero attached hydrogens (tertiary/aromatic N) is 1. The maximum atomic E-state index is 3.31. The number of nitrogens with one attached hydrogen (secondary N) is 1. The van der Waals surface area contributed by atoms with Gasteiger partial charge in [-0.15, -0.1) is 0 Å². The van der Waals surface area contributed by atoms with E-state index < -0.39 is 0 Å². The van der Waals surface area contributed by atoms with Gasteiger partial charge in [0.1, 0.15) is 0 Å². The molecule has 0 atom stereocenters. The lowest BCUT2D eigenvalue weighted by atomic mass is 10.2. The first-order valence-corrected chi connectivity index (χ1v) is 5.19. The van der Waals surface area contributed by atoms with Crippen LogP contribution in [0.15, 0.2) is 60.9 Å². The van der Waals surface area contributed by atoms with Crippen molar-refractivity contribution in [2.75, 3.05) is 12.0 Å². The van der Waals surface area contributed by atoms with E-state index in [4.69, 9.17) is 0 Å². The Hall–Kier alpha value is -1.83. The monoisotopic (exact) mass is 199 g/mol. The Bertz CT molecular complexity index is 344. The quantitative estimate of drug-likeness (QED) is 0.742. The molecule has 2 heteroatoms. The number of hydrogen-bond acceptors (Lipinski definition) is 1. The van der Waals surface area contributed by atoms with Gasteiger partial charge in [-0.3, -0.25) is 0 Å². The first-order valence-electron chi connectivity index (χ1n) is 5.19. The van der Waals surface area contributed by atoms with Crippen molar-refractivity contribution in [3.8, 4) is 0 Å². The second kappa shape index (κ2) is 5.15. The van der Waals surface area contributed by atoms with Crippen LogP contribution in [0.4, 0.5) is 0 Å². The second-order valence-electron chi connectivity index (χ2n) is 3.43. The highest BCUT2D eigenvalue weighted by molar-refractivity contribution is 5.14. The van der Waals surface area contributed by atoms with Gasteiger partial charge in [0.25, 0.3) is 0 Å². The number of pyridine rings is 1. The third-order valence-corrected chi connectivity index (χ3v) is 2.27. The predicted molar refractivity (Wildman–Crippen MR) is 61.0 cm³/mol. The lowest BCUT2D eigenvalue weighted by molar-refractivity contribution is -0.650. The van der Waals surface area contributed by atoms with Gasteiger partial charge in [0.05, 0.1) is 6.54 Å². The van der Waals surface area contributed by atoms with E-state index in [0.717, 1.165) is 13.0 Å². The van der Waals surface area contributed by atoms with Crippen molar-refractivity contribution in [3.63, 3.8) is 0 Å². The molecular weight excluding hydrogens is 184 g/mol. The molecule has 2 aromatic rings. The Morgan fingerprint density at radius 2 is 1.53 bits per heavy atom. The summed E-state index contributed by atoms with van der Waals surface area (Å²) in [6, 6.07) is 16.5. The SMILES string of the molecule is c1ccc(CCN[n+]2ccccc2)cc1. The molecular formula is C13H15N2+. The van der Waals surface area contributed by atoms with Crippen molar-refractivity contribution in [1.82, 2.24) is 0 Å². The minimum Gasteiger partial charge on any atom is -0.193 e. The molecule has 0 amide bonds. The molecule has 0 saturated carbocycles. The van der Waals surface area contributed by atoms with E-state index in [1.54, 1.807) is 0 Å². The molecule has 1 N–H and O–H groups in total. The van der Waals surface area contributed by atoms with Gasteiger partial charge >= 0.3 is 0 Å². The zero-order valence-electron chi connectivity index (χ0n) is 8.63. The highest BCUT2D eigenvalue weighted by Gasteiger charge is 1.96. The summed E-state index contributed by atoms with van der Waals surface area (Å²) >= 11 is 0. The highest BCUT2D eigenvalue weighted by Crippen LogP contribution is 1.97. The minimum atomic E-state index is 0.943. The minimum absolute atomic E-state index is 0.943. The summed E-state index contributed by atoms with van der Waals surface area (Å²) in [7, 11) is 0. The predicted octanol–water partition coefficient (Wildman–Crippen LogP) is 1.76. The van der Waals surface area contributed by atoms with Crippen molar-refractivity contribution in [3.05, 3.63) is 66.5 Å². The van der Waals surface area contributed by atoms with Gasteiger partial charge < -0.3 is 0 Å². The van der Waals surface area contributed by atoms with Gasteiger partial charge in [0, 0.05) is 12.1 Å². The average Bonchev–Trinajstić information content (AvgIpc) is 2.32. The molecule has 1 aromatic carbocycles. The molecule has 0 aliphatic heterocycles. The first-order chi connectivity index (χ1) is 7.45. The van der Waals surface area contributed by atoms with Gasteiger partial charge in [0.2, 0.25) is 0 Å². The van der Waals surface area contributed by atoms with Crippen LogP contribution in [-0.2, 0) is 6.42 Å². The van der Waals surface area contributed by atoms with Gasteiger partial charge in [-0.05, 0) is 12.0 Å². The zero-order chi connectivity index (χ0) is 10.3. The summed E-state index contributed by atoms with van der Waals surface area (Å²) in [5.41, 5.74) is 4.67. The Balaban J connectivity index is 1.81. The number of rotatable bonds is 4. The van der Waals surface area contributed by atoms with Crippen LogP contribution in [0.25, 0.3) is 0 Å². The molecule has 2 rings (SSSR count). The van der Waals surface area contributed by atoms with Crippen LogP contribution in [-0.4, -0.2) is 6.54 Å². The lowest BCUT2D eigenvalue weighted by Crippen LogP contribution is -2.45. The van der Waals surface area contributed by atoms with Crippen molar-refractivity contribution in [2.45, 2.75) is 6.42 Å². The normalized spacial score (nSPS) is 9.87. The molecule has 15 heavy (non-hydrogen) atoms. The van der Waals surface area contributed by atoms with Crippen LogP contribution >= 0.6 is 0 Å². The number of aromatic nitrogens is 1. The van der Waals surface area contributed by atoms with Crippen molar-refractivity contribution in [1.29, 1.82) is 0 Å². The van der Waals surface area contributed by atoms with E-state index >= 15 is 0 Å². The summed E-state index contributed by atoms with van der Waals surface area (Å²) in [4.78, 5) is 0. The van der Waals surface area contributed by atoms with Crippen LogP contribution in [0.3, 0.4) is 0 Å². The molecule has 2 nitrogen and oxygen atoms in total. The summed E-state index contributed by atoms with van der Waals surface area (Å²) in [6.07, 6.45) is 5.05. The first kappa shape index (κ1) is 9.71. The summed E-state index contributed by atoms with van der Waals surface area (Å²) in [5.74, 6) is 0. The average molecular weight is 199 g/mol. The van der Waals surface area contributed by atoms with E-state index in [1.807, 2.05) is 41.3 Å². The van der Waals surface area contributed by atoms with Crippen LogP contribution in [0.5, 0.6) is 0 Å². The Kier molecular flexibility index (Phi) is 3.34. The fourth-order valence-electron chi connectivity index (χ4n) is 1.48. The van der Waals surface area contributed by atoms with Crippen LogP contribution in [0.1, 0.15) is 5.56 Å². The van der Waals surface area contributed by atoms with Gasteiger partial charge in [-0.1, -0.05) is 41.1 Å². The largest absolute Gasteiger partial charge is 0.199 e. The molecule has 76 valence electrons. The second-order valence-corrected chi connectivity index (χ2v) is 3.43. The topological polar surface area (TPSA) is 15.9 Å². The molecule has 0 fully saturated rings. The van der Waals surface area contributed by atoms with E-state index in [2.05, 4.69) is 29.7 Å². The summed E-state index contributed by atoms with van der Waals surface area (Å²) < 4.78 is 1.98. The molecule has 0 spiro atoms. The van der Waals surface area contributed by atoms with Crippen LogP contribution in [0, 0.1) is 0 Å². The van der Waals surface area contributed by atoms with Crippen LogP contribution in [0.2, 0.25) is 0 Å². The Labute approximate surface area is 90.2 Å². The van der Waals surface area contributed by atoms with E-state index in [-0.39, 0.29) is 0 Å². The summed E-state index contributed by atoms with van der Waals surface area (Å²) in [6.45, 7) is 0.943. The molecule has 0 aliphatic carbocycles. The third-order valence-electron chi connectivity index (χ3n) is 2.27. The molecule has 0 saturated heterocycles. The molecule has 1 aromatic heterocycles. The summed E-state index contributed by atoms with van der Waals surface area (Å²) in [5, 5.41) is 0. The standard InChI is InChI=1S/C13H15N2/c1-3-7-13(8-4-1)9-10-14-15-11-5-2-6-12-15/h1-8,11-12,14H,9-10H2/q+1. The van der Waals surface area contributed by atoms with Gasteiger partial charge in [-0.2, -0.15) is 5.43 Å². The van der Waals surface area contributed by atoms with Crippen molar-refractivity contribution >= 4 is 0 Å². The van der Waals surface area contributed by atoms with Gasteiger partial charge in [-0.25, -0.2) is 0 Å². The Morgan fingerprint density at radius 1 is 0.867 bits per heavy atom. The van der Waals surface area contributed by atoms with Crippen LogP contribution < -0.4 is 10.1 Å². The highest BCUT2D eigenvalue weighted by atomic mass is 15.4. The molecule has 1 heterocycles. The van der Waals surface area contributed by atoms with E-state index in [1.165, 1.54) is 5.56 Å². The number of hydrogen-bond donors (Lipinski definition) is 1. The maximum Gasteiger partial charge on any atom is 0.199 e. The maximum absolute atomic E-state index is 3.31. The van der Waals surface area contributed by atoms with E-state index in [9.17, 15) is 0 Å². The smallest absolute Gasteiger partial charge is 0.193 e. The van der Waals surface area contributed by atoms with Crippen molar-refractivity contribution in [2.24, 2.45) is 0 Å². The zero-order valence-corrected chi connectivity index (χ0v) is 8.63. The number of benzene rings is 1. The third kappa shape index (κ3) is 3.09. The fourth-order valence-corrected chi connectivity index (χ4v) is 1.48. The van der Waals surface area contributed by atoms with Gasteiger partial charge in [0.15, 0.2) is 12.4 Å². The molecule has 0 bridgehead atoms. The van der Waals surface area contributed by atoms with E-state index in [0.29, 0.717) is 0 Å².